The summed E-state index contributed by atoms with van der Waals surface area (Å²) < 4.78 is 0. The number of aliphatic carboxylic acids is 1. The van der Waals surface area contributed by atoms with Crippen molar-refractivity contribution in [3.05, 3.63) is 23.8 Å². The average molecular weight is 259 g/mol. The summed E-state index contributed by atoms with van der Waals surface area (Å²) in [5, 5.41) is 17.8. The van der Waals surface area contributed by atoms with Crippen LogP contribution in [0.15, 0.2) is 18.2 Å². The number of carboxylic acid groups (broad SMARTS) is 1. The molecule has 1 aromatic rings. The van der Waals surface area contributed by atoms with Gasteiger partial charge in [-0.15, -0.1) is 0 Å². The number of fused-ring (bicyclic) bond motifs is 1. The fourth-order valence-electron chi connectivity index (χ4n) is 2.37. The Bertz CT molecular complexity index is 522. The highest BCUT2D eigenvalue weighted by atomic mass is 16.4. The number of carboxylic acids is 1. The lowest BCUT2D eigenvalue weighted by atomic mass is 10.1. The molecule has 19 heavy (non-hydrogen) atoms. The summed E-state index contributed by atoms with van der Waals surface area (Å²) in [5.41, 5.74) is 2.62. The molecule has 1 aliphatic rings. The predicted octanol–water partition coefficient (Wildman–Crippen LogP) is 1.68. The second kappa shape index (κ2) is 5.61. The van der Waals surface area contributed by atoms with Gasteiger partial charge in [0.1, 0.15) is 0 Å². The van der Waals surface area contributed by atoms with Crippen LogP contribution in [0.3, 0.4) is 0 Å². The van der Waals surface area contributed by atoms with E-state index in [1.54, 1.807) is 6.07 Å². The van der Waals surface area contributed by atoms with Crippen LogP contribution in [0, 0.1) is 11.3 Å². The van der Waals surface area contributed by atoms with Gasteiger partial charge in [-0.3, -0.25) is 4.79 Å². The summed E-state index contributed by atoms with van der Waals surface area (Å²) in [7, 11) is 2.02. The van der Waals surface area contributed by atoms with Gasteiger partial charge >= 0.3 is 5.97 Å². The summed E-state index contributed by atoms with van der Waals surface area (Å²) in [6.45, 7) is 2.23. The third-order valence-corrected chi connectivity index (χ3v) is 3.37. The first kappa shape index (κ1) is 13.2. The van der Waals surface area contributed by atoms with Crippen LogP contribution in [-0.2, 0) is 4.79 Å². The molecule has 5 nitrogen and oxygen atoms in total. The second-order valence-electron chi connectivity index (χ2n) is 4.72. The largest absolute Gasteiger partial charge is 0.481 e. The van der Waals surface area contributed by atoms with Crippen molar-refractivity contribution in [1.82, 2.24) is 0 Å². The van der Waals surface area contributed by atoms with E-state index < -0.39 is 5.97 Å². The highest BCUT2D eigenvalue weighted by Gasteiger charge is 2.19. The van der Waals surface area contributed by atoms with Crippen molar-refractivity contribution in [1.29, 1.82) is 5.26 Å². The molecule has 100 valence electrons. The first-order chi connectivity index (χ1) is 9.11. The lowest BCUT2D eigenvalue weighted by Gasteiger charge is -2.25. The molecule has 0 saturated heterocycles. The van der Waals surface area contributed by atoms with Crippen molar-refractivity contribution in [3.63, 3.8) is 0 Å². The highest BCUT2D eigenvalue weighted by Crippen LogP contribution is 2.32. The SMILES string of the molecule is CN1CCCN(CCC(=O)O)c2cc(C#N)ccc21. The molecule has 0 unspecified atom stereocenters. The van der Waals surface area contributed by atoms with Crippen LogP contribution in [0.5, 0.6) is 0 Å². The molecule has 0 aliphatic carbocycles. The molecule has 0 saturated carbocycles. The topological polar surface area (TPSA) is 67.6 Å². The van der Waals surface area contributed by atoms with E-state index in [1.807, 2.05) is 19.2 Å². The molecule has 1 aliphatic heterocycles. The Hall–Kier alpha value is -2.22. The number of hydrogen-bond donors (Lipinski definition) is 1. The van der Waals surface area contributed by atoms with Gasteiger partial charge in [-0.2, -0.15) is 5.26 Å². The second-order valence-corrected chi connectivity index (χ2v) is 4.72. The molecular formula is C14H17N3O2. The zero-order chi connectivity index (χ0) is 13.8. The monoisotopic (exact) mass is 259 g/mol. The van der Waals surface area contributed by atoms with Gasteiger partial charge in [0.05, 0.1) is 29.4 Å². The van der Waals surface area contributed by atoms with E-state index in [-0.39, 0.29) is 6.42 Å². The predicted molar refractivity (Wildman–Crippen MR) is 73.5 cm³/mol. The van der Waals surface area contributed by atoms with Crippen molar-refractivity contribution in [3.8, 4) is 6.07 Å². The maximum atomic E-state index is 10.7. The quantitative estimate of drug-likeness (QED) is 0.894. The normalized spacial score (nSPS) is 14.5. The van der Waals surface area contributed by atoms with E-state index in [4.69, 9.17) is 10.4 Å². The van der Waals surface area contributed by atoms with Crippen molar-refractivity contribution in [2.45, 2.75) is 12.8 Å². The van der Waals surface area contributed by atoms with Gasteiger partial charge in [-0.05, 0) is 24.6 Å². The van der Waals surface area contributed by atoms with Crippen LogP contribution in [0.4, 0.5) is 11.4 Å². The van der Waals surface area contributed by atoms with E-state index in [0.29, 0.717) is 12.1 Å². The number of nitrogens with zero attached hydrogens (tertiary/aromatic N) is 3. The lowest BCUT2D eigenvalue weighted by molar-refractivity contribution is -0.136. The number of anilines is 2. The summed E-state index contributed by atoms with van der Waals surface area (Å²) in [4.78, 5) is 15.0. The highest BCUT2D eigenvalue weighted by molar-refractivity contribution is 5.75. The number of nitriles is 1. The Morgan fingerprint density at radius 2 is 2.21 bits per heavy atom. The molecule has 0 radical (unpaired) electrons. The van der Waals surface area contributed by atoms with Crippen LogP contribution in [-0.4, -0.2) is 37.8 Å². The summed E-state index contributed by atoms with van der Waals surface area (Å²) in [6, 6.07) is 7.72. The van der Waals surface area contributed by atoms with Gasteiger partial charge in [0.15, 0.2) is 0 Å². The van der Waals surface area contributed by atoms with Crippen LogP contribution in [0.2, 0.25) is 0 Å². The maximum Gasteiger partial charge on any atom is 0.305 e. The van der Waals surface area contributed by atoms with Gasteiger partial charge in [0.2, 0.25) is 0 Å². The third-order valence-electron chi connectivity index (χ3n) is 3.37. The van der Waals surface area contributed by atoms with E-state index in [2.05, 4.69) is 15.9 Å². The van der Waals surface area contributed by atoms with Gasteiger partial charge in [-0.1, -0.05) is 0 Å². The molecular weight excluding hydrogens is 242 g/mol. The summed E-state index contributed by atoms with van der Waals surface area (Å²) >= 11 is 0. The molecule has 0 aromatic heterocycles. The van der Waals surface area contributed by atoms with Gasteiger partial charge < -0.3 is 14.9 Å². The average Bonchev–Trinajstić information content (AvgIpc) is 2.55. The zero-order valence-corrected chi connectivity index (χ0v) is 11.0. The van der Waals surface area contributed by atoms with E-state index >= 15 is 0 Å². The Labute approximate surface area is 112 Å². The minimum absolute atomic E-state index is 0.111. The Morgan fingerprint density at radius 3 is 2.89 bits per heavy atom. The maximum absolute atomic E-state index is 10.7. The minimum atomic E-state index is -0.796. The molecule has 5 heteroatoms. The van der Waals surface area contributed by atoms with Crippen molar-refractivity contribution in [2.24, 2.45) is 0 Å². The molecule has 0 atom stereocenters. The first-order valence-corrected chi connectivity index (χ1v) is 6.34. The van der Waals surface area contributed by atoms with E-state index in [1.165, 1.54) is 0 Å². The molecule has 0 fully saturated rings. The van der Waals surface area contributed by atoms with Crippen molar-refractivity contribution >= 4 is 17.3 Å². The standard InChI is InChI=1S/C14H17N3O2/c1-16-6-2-7-17(8-5-14(18)19)13-9-11(10-15)3-4-12(13)16/h3-4,9H,2,5-8H2,1H3,(H,18,19). The van der Waals surface area contributed by atoms with Crippen LogP contribution < -0.4 is 9.80 Å². The smallest absolute Gasteiger partial charge is 0.305 e. The summed E-state index contributed by atoms with van der Waals surface area (Å²) in [5.74, 6) is -0.796. The van der Waals surface area contributed by atoms with Crippen LogP contribution >= 0.6 is 0 Å². The summed E-state index contributed by atoms with van der Waals surface area (Å²) in [6.07, 6.45) is 1.09. The first-order valence-electron chi connectivity index (χ1n) is 6.34. The number of benzene rings is 1. The zero-order valence-electron chi connectivity index (χ0n) is 11.0. The van der Waals surface area contributed by atoms with Gasteiger partial charge in [0.25, 0.3) is 0 Å². The Balaban J connectivity index is 2.34. The Morgan fingerprint density at radius 1 is 1.42 bits per heavy atom. The van der Waals surface area contributed by atoms with E-state index in [0.717, 1.165) is 30.9 Å². The van der Waals surface area contributed by atoms with Crippen LogP contribution in [0.1, 0.15) is 18.4 Å². The van der Waals surface area contributed by atoms with Crippen molar-refractivity contribution < 1.29 is 9.90 Å². The number of carbonyl (C=O) groups is 1. The molecule has 2 rings (SSSR count). The fraction of sp³-hybridized carbons (Fsp3) is 0.429. The molecule has 1 heterocycles. The molecule has 0 spiro atoms. The van der Waals surface area contributed by atoms with Crippen molar-refractivity contribution in [2.75, 3.05) is 36.5 Å². The van der Waals surface area contributed by atoms with Crippen LogP contribution in [0.25, 0.3) is 0 Å². The van der Waals surface area contributed by atoms with Gasteiger partial charge in [0, 0.05) is 26.7 Å². The minimum Gasteiger partial charge on any atom is -0.481 e. The lowest BCUT2D eigenvalue weighted by Crippen LogP contribution is -2.26. The fourth-order valence-corrected chi connectivity index (χ4v) is 2.37. The van der Waals surface area contributed by atoms with E-state index in [9.17, 15) is 4.79 Å². The third kappa shape index (κ3) is 2.97. The molecule has 0 bridgehead atoms. The number of hydrogen-bond acceptors (Lipinski definition) is 4. The Kier molecular flexibility index (Phi) is 3.91. The van der Waals surface area contributed by atoms with Gasteiger partial charge in [-0.25, -0.2) is 0 Å². The number of rotatable bonds is 3. The molecule has 1 aromatic carbocycles. The molecule has 0 amide bonds. The molecule has 1 N–H and O–H groups in total.